The Kier molecular flexibility index (Phi) is 5.71. The highest BCUT2D eigenvalue weighted by atomic mass is 16.6. The topological polar surface area (TPSA) is 55.6 Å². The molecule has 0 unspecified atom stereocenters. The monoisotopic (exact) mass is 424 g/mol. The molecule has 160 valence electrons. The van der Waals surface area contributed by atoms with Crippen LogP contribution < -0.4 is 0 Å². The van der Waals surface area contributed by atoms with E-state index in [0.29, 0.717) is 12.4 Å². The molecule has 1 aromatic heterocycles. The Bertz CT molecular complexity index is 1120. The number of likely N-dealkylation sites (tertiary alicyclic amines) is 1. The zero-order valence-electron chi connectivity index (χ0n) is 17.7. The van der Waals surface area contributed by atoms with Gasteiger partial charge in [0.05, 0.1) is 0 Å². The first-order chi connectivity index (χ1) is 15.8. The van der Waals surface area contributed by atoms with Crippen LogP contribution in [0.25, 0.3) is 22.6 Å². The van der Waals surface area contributed by atoms with Gasteiger partial charge in [0.25, 0.3) is 0 Å². The number of hydrogen-bond donors (Lipinski definition) is 0. The summed E-state index contributed by atoms with van der Waals surface area (Å²) < 4.78 is 11.9. The van der Waals surface area contributed by atoms with Crippen LogP contribution in [-0.2, 0) is 11.3 Å². The van der Waals surface area contributed by atoms with Crippen LogP contribution in [0.3, 0.4) is 0 Å². The SMILES string of the molecule is O=C(OCc1ccccc1)N1CCC[C@H]1c1nc(-c2ccccc2)c(-c2ccccc2)o1. The first-order valence-corrected chi connectivity index (χ1v) is 10.9. The Balaban J connectivity index is 1.43. The highest BCUT2D eigenvalue weighted by Crippen LogP contribution is 2.39. The first kappa shape index (κ1) is 20.1. The van der Waals surface area contributed by atoms with E-state index in [1.165, 1.54) is 0 Å². The summed E-state index contributed by atoms with van der Waals surface area (Å²) in [4.78, 5) is 19.5. The van der Waals surface area contributed by atoms with Gasteiger partial charge < -0.3 is 9.15 Å². The molecule has 1 fully saturated rings. The van der Waals surface area contributed by atoms with E-state index in [4.69, 9.17) is 14.1 Å². The molecule has 1 amide bonds. The number of rotatable bonds is 5. The molecule has 0 radical (unpaired) electrons. The van der Waals surface area contributed by atoms with Crippen molar-refractivity contribution in [3.63, 3.8) is 0 Å². The lowest BCUT2D eigenvalue weighted by Gasteiger charge is -2.21. The second-order valence-corrected chi connectivity index (χ2v) is 7.85. The van der Waals surface area contributed by atoms with Crippen LogP contribution in [0.4, 0.5) is 4.79 Å². The number of amides is 1. The van der Waals surface area contributed by atoms with E-state index in [0.717, 1.165) is 41.0 Å². The molecule has 32 heavy (non-hydrogen) atoms. The van der Waals surface area contributed by atoms with Gasteiger partial charge in [0.15, 0.2) is 5.76 Å². The zero-order valence-corrected chi connectivity index (χ0v) is 17.7. The number of nitrogens with zero attached hydrogens (tertiary/aromatic N) is 2. The first-order valence-electron chi connectivity index (χ1n) is 10.9. The van der Waals surface area contributed by atoms with E-state index in [2.05, 4.69) is 0 Å². The third-order valence-corrected chi connectivity index (χ3v) is 5.70. The molecule has 1 aliphatic rings. The van der Waals surface area contributed by atoms with Crippen LogP contribution in [0, 0.1) is 0 Å². The molecule has 0 bridgehead atoms. The van der Waals surface area contributed by atoms with Gasteiger partial charge in [0.2, 0.25) is 5.89 Å². The van der Waals surface area contributed by atoms with Crippen LogP contribution in [0.1, 0.15) is 30.3 Å². The summed E-state index contributed by atoms with van der Waals surface area (Å²) in [6, 6.07) is 29.4. The van der Waals surface area contributed by atoms with Gasteiger partial charge in [-0.15, -0.1) is 0 Å². The van der Waals surface area contributed by atoms with E-state index in [9.17, 15) is 4.79 Å². The number of carbonyl (C=O) groups is 1. The van der Waals surface area contributed by atoms with Gasteiger partial charge in [-0.05, 0) is 18.4 Å². The normalized spacial score (nSPS) is 15.6. The van der Waals surface area contributed by atoms with Gasteiger partial charge in [-0.2, -0.15) is 0 Å². The lowest BCUT2D eigenvalue weighted by atomic mass is 10.1. The van der Waals surface area contributed by atoms with Crippen molar-refractivity contribution in [3.8, 4) is 22.6 Å². The van der Waals surface area contributed by atoms with Crippen molar-refractivity contribution < 1.29 is 13.9 Å². The molecule has 5 nitrogen and oxygen atoms in total. The number of hydrogen-bond acceptors (Lipinski definition) is 4. The second-order valence-electron chi connectivity index (χ2n) is 7.85. The smallest absolute Gasteiger partial charge is 0.410 e. The third-order valence-electron chi connectivity index (χ3n) is 5.70. The fraction of sp³-hybridized carbons (Fsp3) is 0.185. The molecule has 0 aliphatic carbocycles. The predicted molar refractivity (Wildman–Crippen MR) is 123 cm³/mol. The largest absolute Gasteiger partial charge is 0.445 e. The van der Waals surface area contributed by atoms with Crippen LogP contribution in [-0.4, -0.2) is 22.5 Å². The van der Waals surface area contributed by atoms with Gasteiger partial charge in [0.1, 0.15) is 18.3 Å². The summed E-state index contributed by atoms with van der Waals surface area (Å²) in [5.41, 5.74) is 3.70. The van der Waals surface area contributed by atoms with Crippen LogP contribution in [0.15, 0.2) is 95.4 Å². The molecule has 0 N–H and O–H groups in total. The quantitative estimate of drug-likeness (QED) is 0.368. The van der Waals surface area contributed by atoms with Gasteiger partial charge in [-0.1, -0.05) is 91.0 Å². The maximum atomic E-state index is 12.9. The average molecular weight is 425 g/mol. The van der Waals surface area contributed by atoms with E-state index >= 15 is 0 Å². The fourth-order valence-electron chi connectivity index (χ4n) is 4.10. The molecule has 2 heterocycles. The fourth-order valence-corrected chi connectivity index (χ4v) is 4.10. The number of aromatic nitrogens is 1. The number of benzene rings is 3. The standard InChI is InChI=1S/C27H24N2O3/c30-27(31-19-20-11-4-1-5-12-20)29-18-10-17-23(29)26-28-24(21-13-6-2-7-14-21)25(32-26)22-15-8-3-9-16-22/h1-9,11-16,23H,10,17-19H2/t23-/m0/s1. The number of oxazole rings is 1. The molecular formula is C27H24N2O3. The Morgan fingerprint density at radius 2 is 1.53 bits per heavy atom. The molecule has 1 saturated heterocycles. The van der Waals surface area contributed by atoms with Crippen molar-refractivity contribution in [2.24, 2.45) is 0 Å². The Hall–Kier alpha value is -3.86. The van der Waals surface area contributed by atoms with Crippen molar-refractivity contribution in [1.82, 2.24) is 9.88 Å². The van der Waals surface area contributed by atoms with Crippen LogP contribution in [0.2, 0.25) is 0 Å². The van der Waals surface area contributed by atoms with Gasteiger partial charge in [-0.25, -0.2) is 9.78 Å². The van der Waals surface area contributed by atoms with E-state index in [1.807, 2.05) is 91.0 Å². The molecule has 1 aliphatic heterocycles. The molecule has 0 spiro atoms. The molecule has 5 rings (SSSR count). The number of ether oxygens (including phenoxy) is 1. The van der Waals surface area contributed by atoms with Crippen molar-refractivity contribution in [3.05, 3.63) is 102 Å². The summed E-state index contributed by atoms with van der Waals surface area (Å²) in [6.45, 7) is 0.876. The molecule has 3 aromatic carbocycles. The molecule has 5 heteroatoms. The maximum absolute atomic E-state index is 12.9. The second kappa shape index (κ2) is 9.10. The summed E-state index contributed by atoms with van der Waals surface area (Å²) >= 11 is 0. The minimum Gasteiger partial charge on any atom is -0.445 e. The highest BCUT2D eigenvalue weighted by molar-refractivity contribution is 5.77. The number of carbonyl (C=O) groups excluding carboxylic acids is 1. The van der Waals surface area contributed by atoms with Crippen molar-refractivity contribution in [2.75, 3.05) is 6.54 Å². The Labute approximate surface area is 187 Å². The van der Waals surface area contributed by atoms with E-state index in [-0.39, 0.29) is 18.7 Å². The highest BCUT2D eigenvalue weighted by Gasteiger charge is 2.35. The Morgan fingerprint density at radius 3 is 2.22 bits per heavy atom. The van der Waals surface area contributed by atoms with E-state index in [1.54, 1.807) is 4.90 Å². The van der Waals surface area contributed by atoms with Crippen LogP contribution in [0.5, 0.6) is 0 Å². The predicted octanol–water partition coefficient (Wildman–Crippen LogP) is 6.48. The summed E-state index contributed by atoms with van der Waals surface area (Å²) in [5, 5.41) is 0. The minimum absolute atomic E-state index is 0.238. The average Bonchev–Trinajstić information content (AvgIpc) is 3.52. The van der Waals surface area contributed by atoms with Gasteiger partial charge in [-0.3, -0.25) is 4.90 Å². The lowest BCUT2D eigenvalue weighted by molar-refractivity contribution is 0.0879. The Morgan fingerprint density at radius 1 is 0.906 bits per heavy atom. The van der Waals surface area contributed by atoms with Crippen molar-refractivity contribution in [1.29, 1.82) is 0 Å². The zero-order chi connectivity index (χ0) is 21.8. The summed E-state index contributed by atoms with van der Waals surface area (Å²) in [5.74, 6) is 1.27. The lowest BCUT2D eigenvalue weighted by Crippen LogP contribution is -2.31. The minimum atomic E-state index is -0.336. The maximum Gasteiger partial charge on any atom is 0.410 e. The molecule has 1 atom stereocenters. The molecule has 4 aromatic rings. The molecular weight excluding hydrogens is 400 g/mol. The summed E-state index contributed by atoms with van der Waals surface area (Å²) in [7, 11) is 0. The van der Waals surface area contributed by atoms with Crippen LogP contribution >= 0.6 is 0 Å². The summed E-state index contributed by atoms with van der Waals surface area (Å²) in [6.07, 6.45) is 1.34. The van der Waals surface area contributed by atoms with Crippen molar-refractivity contribution >= 4 is 6.09 Å². The van der Waals surface area contributed by atoms with Crippen molar-refractivity contribution in [2.45, 2.75) is 25.5 Å². The third kappa shape index (κ3) is 4.14. The molecule has 0 saturated carbocycles. The van der Waals surface area contributed by atoms with Gasteiger partial charge in [0, 0.05) is 17.7 Å². The van der Waals surface area contributed by atoms with Gasteiger partial charge >= 0.3 is 6.09 Å². The van der Waals surface area contributed by atoms with E-state index < -0.39 is 0 Å².